The van der Waals surface area contributed by atoms with Crippen LogP contribution in [0, 0.1) is 29.1 Å². The molecule has 4 fully saturated rings. The molecule has 0 unspecified atom stereocenters. The maximum absolute atomic E-state index is 6.47. The molecule has 1 nitrogen and oxygen atoms in total. The molecule has 5 aliphatic rings. The van der Waals surface area contributed by atoms with Crippen LogP contribution in [0.5, 0.6) is 0 Å². The van der Waals surface area contributed by atoms with Crippen LogP contribution in [-0.2, 0) is 4.74 Å². The Morgan fingerprint density at radius 2 is 2.04 bits per heavy atom. The highest BCUT2D eigenvalue weighted by molar-refractivity contribution is 5.34. The molecule has 4 aliphatic carbocycles. The lowest BCUT2D eigenvalue weighted by Crippen LogP contribution is -2.53. The summed E-state index contributed by atoms with van der Waals surface area (Å²) in [5, 5.41) is 0. The average Bonchev–Trinajstić information content (AvgIpc) is 3.09. The van der Waals surface area contributed by atoms with Gasteiger partial charge in [-0.25, -0.2) is 0 Å². The Bertz CT molecular complexity index is 628. The van der Waals surface area contributed by atoms with Crippen molar-refractivity contribution < 1.29 is 4.74 Å². The van der Waals surface area contributed by atoms with Gasteiger partial charge in [-0.15, -0.1) is 0 Å². The molecule has 0 radical (unpaired) electrons. The van der Waals surface area contributed by atoms with Crippen LogP contribution in [0.4, 0.5) is 0 Å². The zero-order valence-electron chi connectivity index (χ0n) is 15.3. The molecule has 6 atom stereocenters. The zero-order valence-corrected chi connectivity index (χ0v) is 15.3. The van der Waals surface area contributed by atoms with Crippen molar-refractivity contribution in [2.24, 2.45) is 29.1 Å². The first-order chi connectivity index (χ1) is 11.6. The van der Waals surface area contributed by atoms with E-state index in [0.29, 0.717) is 0 Å². The molecular formula is C23H32O. The molecule has 130 valence electrons. The molecule has 0 aromatic rings. The van der Waals surface area contributed by atoms with E-state index in [1.54, 1.807) is 11.1 Å². The van der Waals surface area contributed by atoms with Gasteiger partial charge in [0.1, 0.15) is 0 Å². The lowest BCUT2D eigenvalue weighted by Gasteiger charge is -2.57. The van der Waals surface area contributed by atoms with Crippen molar-refractivity contribution >= 4 is 0 Å². The van der Waals surface area contributed by atoms with Gasteiger partial charge in [0.25, 0.3) is 0 Å². The van der Waals surface area contributed by atoms with Gasteiger partial charge in [-0.3, -0.25) is 0 Å². The smallest absolute Gasteiger partial charge is 0.0949 e. The van der Waals surface area contributed by atoms with Crippen LogP contribution in [-0.4, -0.2) is 12.2 Å². The van der Waals surface area contributed by atoms with Gasteiger partial charge in [-0.1, -0.05) is 37.3 Å². The molecule has 0 aromatic heterocycles. The minimum atomic E-state index is -0.0335. The van der Waals surface area contributed by atoms with Gasteiger partial charge in [-0.05, 0) is 87.0 Å². The fourth-order valence-electron chi connectivity index (χ4n) is 7.79. The number of rotatable bonds is 0. The molecule has 1 heterocycles. The second-order valence-corrected chi connectivity index (χ2v) is 9.47. The Balaban J connectivity index is 1.54. The van der Waals surface area contributed by atoms with E-state index in [2.05, 4.69) is 26.2 Å². The van der Waals surface area contributed by atoms with E-state index in [1.807, 2.05) is 0 Å². The van der Waals surface area contributed by atoms with E-state index in [4.69, 9.17) is 4.74 Å². The Hall–Kier alpha value is -0.820. The van der Waals surface area contributed by atoms with E-state index in [-0.39, 0.29) is 11.0 Å². The van der Waals surface area contributed by atoms with Crippen molar-refractivity contribution in [1.29, 1.82) is 0 Å². The van der Waals surface area contributed by atoms with Crippen LogP contribution in [0.25, 0.3) is 0 Å². The van der Waals surface area contributed by atoms with Crippen molar-refractivity contribution in [1.82, 2.24) is 0 Å². The van der Waals surface area contributed by atoms with Crippen LogP contribution in [0.2, 0.25) is 0 Å². The van der Waals surface area contributed by atoms with E-state index >= 15 is 0 Å². The monoisotopic (exact) mass is 324 g/mol. The van der Waals surface area contributed by atoms with Crippen molar-refractivity contribution in [3.05, 3.63) is 36.0 Å². The largest absolute Gasteiger partial charge is 0.370 e. The topological polar surface area (TPSA) is 9.23 Å². The predicted molar refractivity (Wildman–Crippen MR) is 98.7 cm³/mol. The summed E-state index contributed by atoms with van der Waals surface area (Å²) >= 11 is 0. The first-order valence-electron chi connectivity index (χ1n) is 10.3. The third-order valence-corrected chi connectivity index (χ3v) is 8.72. The zero-order chi connectivity index (χ0) is 16.5. The Labute approximate surface area is 147 Å². The molecule has 0 bridgehead atoms. The summed E-state index contributed by atoms with van der Waals surface area (Å²) in [6.45, 7) is 12.5. The predicted octanol–water partition coefficient (Wildman–Crippen LogP) is 5.83. The first-order valence-corrected chi connectivity index (χ1v) is 10.3. The fourth-order valence-corrected chi connectivity index (χ4v) is 7.79. The molecule has 0 N–H and O–H groups in total. The molecule has 5 rings (SSSR count). The average molecular weight is 325 g/mol. The van der Waals surface area contributed by atoms with E-state index in [0.717, 1.165) is 36.7 Å². The lowest BCUT2D eigenvalue weighted by atomic mass is 9.49. The van der Waals surface area contributed by atoms with Crippen molar-refractivity contribution in [3.63, 3.8) is 0 Å². The maximum Gasteiger partial charge on any atom is 0.0949 e. The van der Waals surface area contributed by atoms with Crippen molar-refractivity contribution in [2.75, 3.05) is 6.61 Å². The number of hydrogen-bond acceptors (Lipinski definition) is 1. The third kappa shape index (κ3) is 1.75. The van der Waals surface area contributed by atoms with Crippen LogP contribution in [0.1, 0.15) is 64.7 Å². The minimum Gasteiger partial charge on any atom is -0.370 e. The molecular weight excluding hydrogens is 292 g/mol. The summed E-state index contributed by atoms with van der Waals surface area (Å²) in [6, 6.07) is 0. The summed E-state index contributed by atoms with van der Waals surface area (Å²) in [5.41, 5.74) is 4.92. The molecule has 3 saturated carbocycles. The molecule has 1 spiro atoms. The van der Waals surface area contributed by atoms with Gasteiger partial charge in [-0.2, -0.15) is 0 Å². The number of allylic oxidation sites excluding steroid dienone is 3. The van der Waals surface area contributed by atoms with Crippen molar-refractivity contribution in [2.45, 2.75) is 70.3 Å². The quantitative estimate of drug-likeness (QED) is 0.509. The molecule has 1 aliphatic heterocycles. The van der Waals surface area contributed by atoms with Gasteiger partial charge in [0, 0.05) is 5.41 Å². The molecule has 24 heavy (non-hydrogen) atoms. The van der Waals surface area contributed by atoms with Crippen LogP contribution in [0.3, 0.4) is 0 Å². The molecule has 1 heteroatoms. The molecule has 1 saturated heterocycles. The minimum absolute atomic E-state index is 0.0335. The molecule has 0 aromatic carbocycles. The maximum atomic E-state index is 6.47. The van der Waals surface area contributed by atoms with Gasteiger partial charge < -0.3 is 4.74 Å². The summed E-state index contributed by atoms with van der Waals surface area (Å²) in [6.07, 6.45) is 14.2. The SMILES string of the molecule is C=C1C[C@@]2(C)[C@@H](CC[C@@]23OCCC3=C)[C@@H]2CCC3=CCCC[C@@H]3[C@@H]12. The van der Waals surface area contributed by atoms with Crippen LogP contribution in [0.15, 0.2) is 36.0 Å². The summed E-state index contributed by atoms with van der Waals surface area (Å²) in [5.74, 6) is 3.23. The van der Waals surface area contributed by atoms with Crippen LogP contribution >= 0.6 is 0 Å². The van der Waals surface area contributed by atoms with Gasteiger partial charge in [0.15, 0.2) is 0 Å². The van der Waals surface area contributed by atoms with Gasteiger partial charge in [0.2, 0.25) is 0 Å². The Morgan fingerprint density at radius 3 is 2.83 bits per heavy atom. The normalized spacial score (nSPS) is 50.5. The Kier molecular flexibility index (Phi) is 3.28. The highest BCUT2D eigenvalue weighted by atomic mass is 16.5. The van der Waals surface area contributed by atoms with E-state index in [1.165, 1.54) is 56.9 Å². The lowest BCUT2D eigenvalue weighted by molar-refractivity contribution is -0.0949. The van der Waals surface area contributed by atoms with Crippen molar-refractivity contribution in [3.8, 4) is 0 Å². The summed E-state index contributed by atoms with van der Waals surface area (Å²) < 4.78 is 6.47. The van der Waals surface area contributed by atoms with E-state index < -0.39 is 0 Å². The number of hydrogen-bond donors (Lipinski definition) is 0. The standard InChI is InChI=1S/C23H32O/c1-15-14-22(3)20(10-12-23(22)16(2)11-13-24-23)19-9-8-17-6-4-5-7-18(17)21(15)19/h6,18-21H,1-2,4-5,7-14H2,3H3/t18-,19-,20-,21+,22-,23-/m0/s1. The van der Waals surface area contributed by atoms with Gasteiger partial charge in [0.05, 0.1) is 12.2 Å². The first kappa shape index (κ1) is 15.4. The summed E-state index contributed by atoms with van der Waals surface area (Å²) in [7, 11) is 0. The van der Waals surface area contributed by atoms with E-state index in [9.17, 15) is 0 Å². The highest BCUT2D eigenvalue weighted by Gasteiger charge is 2.66. The van der Waals surface area contributed by atoms with Gasteiger partial charge >= 0.3 is 0 Å². The highest BCUT2D eigenvalue weighted by Crippen LogP contribution is 2.69. The van der Waals surface area contributed by atoms with Crippen LogP contribution < -0.4 is 0 Å². The summed E-state index contributed by atoms with van der Waals surface area (Å²) in [4.78, 5) is 0. The second-order valence-electron chi connectivity index (χ2n) is 9.47. The second kappa shape index (κ2) is 5.10. The number of ether oxygens (including phenoxy) is 1. The molecule has 0 amide bonds. The third-order valence-electron chi connectivity index (χ3n) is 8.72. The number of fused-ring (bicyclic) bond motifs is 6. The Morgan fingerprint density at radius 1 is 1.17 bits per heavy atom. The fraction of sp³-hybridized carbons (Fsp3) is 0.739.